The molecule has 3 aliphatic rings. The maximum absolute atomic E-state index is 13.3. The summed E-state index contributed by atoms with van der Waals surface area (Å²) in [5.41, 5.74) is 0.949. The maximum Gasteiger partial charge on any atom is 0.227 e. The molecule has 27 heavy (non-hydrogen) atoms. The van der Waals surface area contributed by atoms with E-state index >= 15 is 0 Å². The molecule has 1 aromatic carbocycles. The molecule has 1 atom stereocenters. The molecule has 6 heteroatoms. The highest BCUT2D eigenvalue weighted by Gasteiger charge is 2.58. The van der Waals surface area contributed by atoms with Crippen LogP contribution in [0.1, 0.15) is 31.2 Å². The molecule has 1 spiro atoms. The first-order valence-electron chi connectivity index (χ1n) is 10.1. The van der Waals surface area contributed by atoms with Gasteiger partial charge in [0.2, 0.25) is 11.8 Å². The van der Waals surface area contributed by atoms with Gasteiger partial charge in [-0.2, -0.15) is 0 Å². The molecule has 5 nitrogen and oxygen atoms in total. The molecule has 146 valence electrons. The van der Waals surface area contributed by atoms with Gasteiger partial charge in [0.1, 0.15) is 5.82 Å². The van der Waals surface area contributed by atoms with Crippen LogP contribution in [0.3, 0.4) is 0 Å². The molecule has 2 saturated heterocycles. The van der Waals surface area contributed by atoms with E-state index in [1.165, 1.54) is 12.1 Å². The molecule has 4 rings (SSSR count). The maximum atomic E-state index is 13.3. The van der Waals surface area contributed by atoms with Crippen LogP contribution in [0, 0.1) is 17.2 Å². The van der Waals surface area contributed by atoms with Crippen molar-refractivity contribution >= 4 is 11.8 Å². The third-order valence-corrected chi connectivity index (χ3v) is 6.49. The first-order chi connectivity index (χ1) is 13.1. The molecule has 0 bridgehead atoms. The van der Waals surface area contributed by atoms with E-state index in [9.17, 15) is 14.0 Å². The van der Waals surface area contributed by atoms with Crippen molar-refractivity contribution in [2.24, 2.45) is 11.3 Å². The molecule has 1 N–H and O–H groups in total. The number of rotatable bonds is 3. The number of amides is 2. The van der Waals surface area contributed by atoms with Gasteiger partial charge in [0.25, 0.3) is 0 Å². The Morgan fingerprint density at radius 3 is 2.63 bits per heavy atom. The van der Waals surface area contributed by atoms with Crippen LogP contribution in [-0.4, -0.2) is 60.9 Å². The van der Waals surface area contributed by atoms with Crippen molar-refractivity contribution in [2.75, 3.05) is 39.3 Å². The summed E-state index contributed by atoms with van der Waals surface area (Å²) >= 11 is 0. The van der Waals surface area contributed by atoms with Crippen molar-refractivity contribution in [3.8, 4) is 0 Å². The molecular weight excluding hydrogens is 345 g/mol. The van der Waals surface area contributed by atoms with Crippen molar-refractivity contribution in [3.05, 3.63) is 35.6 Å². The molecule has 1 saturated carbocycles. The predicted molar refractivity (Wildman–Crippen MR) is 101 cm³/mol. The van der Waals surface area contributed by atoms with Crippen molar-refractivity contribution < 1.29 is 14.0 Å². The lowest BCUT2D eigenvalue weighted by Crippen LogP contribution is -2.40. The Labute approximate surface area is 159 Å². The first-order valence-corrected chi connectivity index (χ1v) is 10.1. The lowest BCUT2D eigenvalue weighted by atomic mass is 9.91. The minimum Gasteiger partial charge on any atom is -0.341 e. The summed E-state index contributed by atoms with van der Waals surface area (Å²) in [6.07, 6.45) is 4.27. The van der Waals surface area contributed by atoms with Crippen LogP contribution >= 0.6 is 0 Å². The zero-order chi connectivity index (χ0) is 18.9. The van der Waals surface area contributed by atoms with E-state index in [4.69, 9.17) is 0 Å². The van der Waals surface area contributed by atoms with Gasteiger partial charge in [-0.3, -0.25) is 9.59 Å². The molecule has 1 aromatic rings. The molecule has 0 radical (unpaired) electrons. The number of hydrogen-bond acceptors (Lipinski definition) is 3. The number of halogens is 1. The summed E-state index contributed by atoms with van der Waals surface area (Å²) in [5, 5.41) is 3.38. The number of piperidine rings is 1. The predicted octanol–water partition coefficient (Wildman–Crippen LogP) is 1.82. The Bertz CT molecular complexity index is 717. The zero-order valence-corrected chi connectivity index (χ0v) is 15.8. The minimum absolute atomic E-state index is 0.0103. The number of carbonyl (C=O) groups is 2. The Morgan fingerprint density at radius 2 is 1.85 bits per heavy atom. The summed E-state index contributed by atoms with van der Waals surface area (Å²) in [5.74, 6) is 0.172. The number of hydrogen-bond donors (Lipinski definition) is 1. The normalized spacial score (nSPS) is 24.6. The van der Waals surface area contributed by atoms with Crippen LogP contribution in [0.15, 0.2) is 24.3 Å². The Balaban J connectivity index is 1.31. The van der Waals surface area contributed by atoms with Gasteiger partial charge in [-0.15, -0.1) is 0 Å². The van der Waals surface area contributed by atoms with Crippen LogP contribution in [0.5, 0.6) is 0 Å². The fourth-order valence-corrected chi connectivity index (χ4v) is 4.72. The lowest BCUT2D eigenvalue weighted by Gasteiger charge is -2.26. The highest BCUT2D eigenvalue weighted by atomic mass is 19.1. The number of nitrogens with one attached hydrogen (secondary N) is 1. The topological polar surface area (TPSA) is 52.7 Å². The highest BCUT2D eigenvalue weighted by Crippen LogP contribution is 2.59. The second-order valence-corrected chi connectivity index (χ2v) is 8.24. The Morgan fingerprint density at radius 1 is 1.11 bits per heavy atom. The van der Waals surface area contributed by atoms with E-state index < -0.39 is 0 Å². The first kappa shape index (κ1) is 18.4. The third-order valence-electron chi connectivity index (χ3n) is 6.49. The molecular formula is C21H28FN3O2. The van der Waals surface area contributed by atoms with Crippen molar-refractivity contribution in [1.82, 2.24) is 15.1 Å². The largest absolute Gasteiger partial charge is 0.341 e. The van der Waals surface area contributed by atoms with E-state index in [1.807, 2.05) is 9.80 Å². The van der Waals surface area contributed by atoms with Gasteiger partial charge in [-0.1, -0.05) is 12.1 Å². The zero-order valence-electron chi connectivity index (χ0n) is 15.8. The van der Waals surface area contributed by atoms with E-state index in [-0.39, 0.29) is 35.4 Å². The quantitative estimate of drug-likeness (QED) is 0.879. The Kier molecular flexibility index (Phi) is 5.17. The van der Waals surface area contributed by atoms with E-state index in [0.717, 1.165) is 45.3 Å². The number of nitrogens with zero attached hydrogens (tertiary/aromatic N) is 2. The van der Waals surface area contributed by atoms with E-state index in [1.54, 1.807) is 12.1 Å². The molecule has 2 heterocycles. The molecule has 1 aliphatic carbocycles. The van der Waals surface area contributed by atoms with Gasteiger partial charge in [-0.25, -0.2) is 4.39 Å². The van der Waals surface area contributed by atoms with Crippen molar-refractivity contribution in [2.45, 2.75) is 32.1 Å². The second-order valence-electron chi connectivity index (χ2n) is 8.24. The van der Waals surface area contributed by atoms with Crippen LogP contribution in [0.25, 0.3) is 0 Å². The molecule has 3 fully saturated rings. The van der Waals surface area contributed by atoms with Gasteiger partial charge < -0.3 is 15.1 Å². The summed E-state index contributed by atoms with van der Waals surface area (Å²) in [6.45, 7) is 4.61. The monoisotopic (exact) mass is 373 g/mol. The van der Waals surface area contributed by atoms with Gasteiger partial charge in [0.05, 0.1) is 6.42 Å². The summed E-state index contributed by atoms with van der Waals surface area (Å²) in [7, 11) is 0. The SMILES string of the molecule is O=C(Cc1cccc(F)c1)N1CCCN(C(=O)C2CC23CCNCC3)CC1. The van der Waals surface area contributed by atoms with Crippen LogP contribution in [-0.2, 0) is 16.0 Å². The minimum atomic E-state index is -0.316. The standard InChI is InChI=1S/C21H28FN3O2/c22-17-4-1-3-16(13-17)14-19(26)24-9-2-10-25(12-11-24)20(27)18-15-21(18)5-7-23-8-6-21/h1,3-4,13,18,23H,2,5-12,14-15H2. The average Bonchev–Trinajstić information content (AvgIpc) is 3.40. The van der Waals surface area contributed by atoms with Gasteiger partial charge in [0, 0.05) is 32.1 Å². The molecule has 2 amide bonds. The van der Waals surface area contributed by atoms with Crippen LogP contribution in [0.2, 0.25) is 0 Å². The summed E-state index contributed by atoms with van der Waals surface area (Å²) in [6, 6.07) is 6.21. The third kappa shape index (κ3) is 4.00. The number of benzene rings is 1. The average molecular weight is 373 g/mol. The van der Waals surface area contributed by atoms with Crippen molar-refractivity contribution in [3.63, 3.8) is 0 Å². The van der Waals surface area contributed by atoms with Gasteiger partial charge >= 0.3 is 0 Å². The fourth-order valence-electron chi connectivity index (χ4n) is 4.72. The van der Waals surface area contributed by atoms with Gasteiger partial charge in [-0.05, 0) is 61.9 Å². The van der Waals surface area contributed by atoms with Crippen molar-refractivity contribution in [1.29, 1.82) is 0 Å². The molecule has 2 aliphatic heterocycles. The highest BCUT2D eigenvalue weighted by molar-refractivity contribution is 5.83. The lowest BCUT2D eigenvalue weighted by molar-refractivity contribution is -0.134. The smallest absolute Gasteiger partial charge is 0.227 e. The fraction of sp³-hybridized carbons (Fsp3) is 0.619. The van der Waals surface area contributed by atoms with E-state index in [0.29, 0.717) is 25.2 Å². The summed E-state index contributed by atoms with van der Waals surface area (Å²) < 4.78 is 13.3. The molecule has 0 aromatic heterocycles. The van der Waals surface area contributed by atoms with Crippen LogP contribution < -0.4 is 5.32 Å². The number of carbonyl (C=O) groups excluding carboxylic acids is 2. The summed E-state index contributed by atoms with van der Waals surface area (Å²) in [4.78, 5) is 29.3. The van der Waals surface area contributed by atoms with Crippen LogP contribution in [0.4, 0.5) is 4.39 Å². The molecule has 1 unspecified atom stereocenters. The van der Waals surface area contributed by atoms with Gasteiger partial charge in [0.15, 0.2) is 0 Å². The van der Waals surface area contributed by atoms with E-state index in [2.05, 4.69) is 5.32 Å². The second kappa shape index (κ2) is 7.58. The Hall–Kier alpha value is -1.95.